The number of nitrogens with zero attached hydrogens (tertiary/aromatic N) is 3. The van der Waals surface area contributed by atoms with Crippen LogP contribution in [0.2, 0.25) is 0 Å². The molecule has 7 heteroatoms. The monoisotopic (exact) mass is 453 g/mol. The molecule has 0 spiro atoms. The minimum Gasteiger partial charge on any atom is -0.337 e. The predicted octanol–water partition coefficient (Wildman–Crippen LogP) is 4.22. The topological polar surface area (TPSA) is 72.3 Å². The molecule has 2 aromatic carbocycles. The maximum atomic E-state index is 13.3. The Labute approximate surface area is 190 Å². The summed E-state index contributed by atoms with van der Waals surface area (Å²) in [4.78, 5) is 18.7. The Morgan fingerprint density at radius 2 is 1.69 bits per heavy atom. The lowest BCUT2D eigenvalue weighted by Gasteiger charge is -2.24. The van der Waals surface area contributed by atoms with Gasteiger partial charge in [-0.2, -0.15) is 0 Å². The van der Waals surface area contributed by atoms with Gasteiger partial charge in [-0.05, 0) is 25.0 Å². The summed E-state index contributed by atoms with van der Waals surface area (Å²) in [7, 11) is -3.69. The smallest absolute Gasteiger partial charge is 0.228 e. The number of imidazole rings is 1. The van der Waals surface area contributed by atoms with Crippen molar-refractivity contribution in [3.05, 3.63) is 83.2 Å². The first-order chi connectivity index (χ1) is 15.2. The third-order valence-electron chi connectivity index (χ3n) is 5.38. The number of hydrogen-bond donors (Lipinski definition) is 0. The maximum absolute atomic E-state index is 13.3. The molecule has 0 radical (unpaired) electrons. The van der Waals surface area contributed by atoms with Crippen LogP contribution >= 0.6 is 0 Å². The van der Waals surface area contributed by atoms with E-state index in [1.165, 1.54) is 0 Å². The van der Waals surface area contributed by atoms with Crippen LogP contribution < -0.4 is 0 Å². The molecule has 0 saturated heterocycles. The third-order valence-corrected chi connectivity index (χ3v) is 6.98. The summed E-state index contributed by atoms with van der Waals surface area (Å²) in [6.45, 7) is 8.84. The first-order valence-corrected chi connectivity index (χ1v) is 12.5. The second-order valence-corrected chi connectivity index (χ2v) is 10.2. The number of carbonyl (C=O) groups is 1. The van der Waals surface area contributed by atoms with E-state index in [1.54, 1.807) is 15.7 Å². The average molecular weight is 454 g/mol. The molecule has 3 aromatic rings. The van der Waals surface area contributed by atoms with E-state index in [-0.39, 0.29) is 22.7 Å². The van der Waals surface area contributed by atoms with Crippen molar-refractivity contribution in [1.82, 2.24) is 14.5 Å². The Hall–Kier alpha value is -2.93. The van der Waals surface area contributed by atoms with E-state index >= 15 is 0 Å². The third kappa shape index (κ3) is 5.65. The van der Waals surface area contributed by atoms with Gasteiger partial charge in [-0.1, -0.05) is 74.0 Å². The Balaban J connectivity index is 1.99. The van der Waals surface area contributed by atoms with Crippen LogP contribution in [0.25, 0.3) is 0 Å². The van der Waals surface area contributed by atoms with E-state index in [2.05, 4.69) is 4.98 Å². The molecule has 0 aliphatic carbocycles. The standard InChI is InChI=1S/C25H31N3O3S/c1-5-27(24(29)19(2)3)17-23-15-26-25(28(23)16-21-9-7-6-8-10-21)32(30,31)18-22-13-11-20(4)12-14-22/h6-15,19H,5,16-18H2,1-4H3. The molecular formula is C25H31N3O3S. The van der Waals surface area contributed by atoms with Gasteiger partial charge < -0.3 is 9.47 Å². The molecule has 0 aliphatic rings. The molecule has 6 nitrogen and oxygen atoms in total. The molecule has 0 unspecified atom stereocenters. The zero-order valence-corrected chi connectivity index (χ0v) is 20.0. The zero-order valence-electron chi connectivity index (χ0n) is 19.2. The van der Waals surface area contributed by atoms with Gasteiger partial charge in [0.25, 0.3) is 0 Å². The van der Waals surface area contributed by atoms with Gasteiger partial charge in [-0.15, -0.1) is 0 Å². The fraction of sp³-hybridized carbons (Fsp3) is 0.360. The van der Waals surface area contributed by atoms with Crippen molar-refractivity contribution >= 4 is 15.7 Å². The van der Waals surface area contributed by atoms with E-state index in [0.717, 1.165) is 16.7 Å². The van der Waals surface area contributed by atoms with E-state index in [4.69, 9.17) is 0 Å². The number of rotatable bonds is 9. The highest BCUT2D eigenvalue weighted by Gasteiger charge is 2.26. The van der Waals surface area contributed by atoms with Crippen LogP contribution in [0.3, 0.4) is 0 Å². The summed E-state index contributed by atoms with van der Waals surface area (Å²) >= 11 is 0. The molecule has 0 aliphatic heterocycles. The van der Waals surface area contributed by atoms with E-state index < -0.39 is 9.84 Å². The van der Waals surface area contributed by atoms with Gasteiger partial charge >= 0.3 is 0 Å². The highest BCUT2D eigenvalue weighted by molar-refractivity contribution is 7.90. The fourth-order valence-electron chi connectivity index (χ4n) is 3.58. The number of sulfone groups is 1. The lowest BCUT2D eigenvalue weighted by molar-refractivity contribution is -0.134. The molecule has 0 bridgehead atoms. The fourth-order valence-corrected chi connectivity index (χ4v) is 5.07. The van der Waals surface area contributed by atoms with Gasteiger partial charge in [0.1, 0.15) is 0 Å². The minimum absolute atomic E-state index is 0.0315. The largest absolute Gasteiger partial charge is 0.337 e. The zero-order chi connectivity index (χ0) is 23.3. The molecule has 3 rings (SSSR count). The number of amides is 1. The SMILES string of the molecule is CCN(Cc1cnc(S(=O)(=O)Cc2ccc(C)cc2)n1Cc1ccccc1)C(=O)C(C)C. The Morgan fingerprint density at radius 3 is 2.28 bits per heavy atom. The predicted molar refractivity (Wildman–Crippen MR) is 126 cm³/mol. The van der Waals surface area contributed by atoms with Gasteiger partial charge in [0.15, 0.2) is 0 Å². The lowest BCUT2D eigenvalue weighted by atomic mass is 10.2. The quantitative estimate of drug-likeness (QED) is 0.486. The van der Waals surface area contributed by atoms with Crippen LogP contribution in [0.5, 0.6) is 0 Å². The van der Waals surface area contributed by atoms with Crippen LogP contribution in [-0.2, 0) is 33.5 Å². The normalized spacial score (nSPS) is 11.7. The summed E-state index contributed by atoms with van der Waals surface area (Å²) in [6, 6.07) is 17.2. The van der Waals surface area contributed by atoms with E-state index in [9.17, 15) is 13.2 Å². The molecule has 0 saturated carbocycles. The molecule has 1 amide bonds. The molecule has 170 valence electrons. The van der Waals surface area contributed by atoms with Gasteiger partial charge in [0.2, 0.25) is 20.9 Å². The van der Waals surface area contributed by atoms with Crippen LogP contribution in [0.4, 0.5) is 0 Å². The molecule has 1 aromatic heterocycles. The first-order valence-electron chi connectivity index (χ1n) is 10.9. The first kappa shape index (κ1) is 23.7. The summed E-state index contributed by atoms with van der Waals surface area (Å²) in [5, 5.41) is 0.0324. The highest BCUT2D eigenvalue weighted by atomic mass is 32.2. The Kier molecular flexibility index (Phi) is 7.51. The molecule has 1 heterocycles. The lowest BCUT2D eigenvalue weighted by Crippen LogP contribution is -2.34. The van der Waals surface area contributed by atoms with Crippen LogP contribution in [0.15, 0.2) is 66.0 Å². The number of benzene rings is 2. The molecular weight excluding hydrogens is 422 g/mol. The van der Waals surface area contributed by atoms with Gasteiger partial charge in [0.05, 0.1) is 30.7 Å². The number of aromatic nitrogens is 2. The summed E-state index contributed by atoms with van der Waals surface area (Å²) in [5.41, 5.74) is 3.47. The van der Waals surface area contributed by atoms with E-state index in [0.29, 0.717) is 25.3 Å². The average Bonchev–Trinajstić information content (AvgIpc) is 3.16. The molecule has 0 N–H and O–H groups in total. The van der Waals surface area contributed by atoms with Crippen molar-refractivity contribution in [3.63, 3.8) is 0 Å². The van der Waals surface area contributed by atoms with Crippen LogP contribution in [0.1, 0.15) is 43.2 Å². The van der Waals surface area contributed by atoms with Gasteiger partial charge in [-0.25, -0.2) is 13.4 Å². The van der Waals surface area contributed by atoms with Crippen molar-refractivity contribution < 1.29 is 13.2 Å². The van der Waals surface area contributed by atoms with E-state index in [1.807, 2.05) is 82.3 Å². The summed E-state index contributed by atoms with van der Waals surface area (Å²) in [6.07, 6.45) is 1.58. The van der Waals surface area contributed by atoms with Crippen molar-refractivity contribution in [2.45, 2.75) is 51.7 Å². The maximum Gasteiger partial charge on any atom is 0.228 e. The van der Waals surface area contributed by atoms with Crippen molar-refractivity contribution in [2.24, 2.45) is 5.92 Å². The summed E-state index contributed by atoms with van der Waals surface area (Å²) < 4.78 is 28.4. The van der Waals surface area contributed by atoms with Crippen LogP contribution in [0, 0.1) is 12.8 Å². The Bertz CT molecular complexity index is 1150. The van der Waals surface area contributed by atoms with Gasteiger partial charge in [0, 0.05) is 12.5 Å². The van der Waals surface area contributed by atoms with Crippen LogP contribution in [-0.4, -0.2) is 35.3 Å². The molecule has 0 atom stereocenters. The minimum atomic E-state index is -3.69. The highest BCUT2D eigenvalue weighted by Crippen LogP contribution is 2.21. The van der Waals surface area contributed by atoms with Crippen molar-refractivity contribution in [2.75, 3.05) is 6.54 Å². The molecule has 0 fully saturated rings. The Morgan fingerprint density at radius 1 is 1.03 bits per heavy atom. The number of hydrogen-bond acceptors (Lipinski definition) is 4. The summed E-state index contributed by atoms with van der Waals surface area (Å²) in [5.74, 6) is -0.227. The number of carbonyl (C=O) groups excluding carboxylic acids is 1. The van der Waals surface area contributed by atoms with Gasteiger partial charge in [-0.3, -0.25) is 4.79 Å². The second-order valence-electron chi connectivity index (χ2n) is 8.36. The van der Waals surface area contributed by atoms with Crippen molar-refractivity contribution in [1.29, 1.82) is 0 Å². The second kappa shape index (κ2) is 10.1. The number of aryl methyl sites for hydroxylation is 1. The molecule has 32 heavy (non-hydrogen) atoms. The van der Waals surface area contributed by atoms with Crippen molar-refractivity contribution in [3.8, 4) is 0 Å².